The zero-order chi connectivity index (χ0) is 13.8. The summed E-state index contributed by atoms with van der Waals surface area (Å²) in [6.45, 7) is 4.87. The van der Waals surface area contributed by atoms with Gasteiger partial charge in [-0.15, -0.1) is 0 Å². The number of aryl methyl sites for hydroxylation is 1. The monoisotopic (exact) mass is 321 g/mol. The third kappa shape index (κ3) is 3.43. The Hall–Kier alpha value is -1.19. The maximum absolute atomic E-state index is 13.2. The summed E-state index contributed by atoms with van der Waals surface area (Å²) in [5, 5.41) is 3.46. The summed E-state index contributed by atoms with van der Waals surface area (Å²) in [7, 11) is 0. The first-order valence-electron chi connectivity index (χ1n) is 6.36. The van der Waals surface area contributed by atoms with Gasteiger partial charge in [-0.2, -0.15) is 0 Å². The molecule has 2 aromatic rings. The van der Waals surface area contributed by atoms with Gasteiger partial charge in [0.25, 0.3) is 0 Å². The van der Waals surface area contributed by atoms with Crippen molar-refractivity contribution in [2.24, 2.45) is 0 Å². The van der Waals surface area contributed by atoms with E-state index >= 15 is 0 Å². The number of rotatable bonds is 4. The van der Waals surface area contributed by atoms with Crippen LogP contribution in [0.4, 0.5) is 4.39 Å². The molecule has 2 rings (SSSR count). The van der Waals surface area contributed by atoms with E-state index in [1.807, 2.05) is 25.1 Å². The Morgan fingerprint density at radius 1 is 1.21 bits per heavy atom. The van der Waals surface area contributed by atoms with Crippen LogP contribution in [0.25, 0.3) is 0 Å². The maximum Gasteiger partial charge on any atom is 0.123 e. The van der Waals surface area contributed by atoms with Crippen molar-refractivity contribution >= 4 is 15.9 Å². The highest BCUT2D eigenvalue weighted by Gasteiger charge is 2.15. The molecule has 0 aliphatic rings. The van der Waals surface area contributed by atoms with E-state index in [0.29, 0.717) is 0 Å². The van der Waals surface area contributed by atoms with Crippen LogP contribution < -0.4 is 5.32 Å². The molecular formula is C16H17BrFN. The molecule has 0 aliphatic heterocycles. The van der Waals surface area contributed by atoms with Crippen molar-refractivity contribution in [2.45, 2.75) is 19.9 Å². The molecule has 0 amide bonds. The zero-order valence-electron chi connectivity index (χ0n) is 11.1. The molecule has 0 heterocycles. The molecule has 0 spiro atoms. The molecule has 0 saturated carbocycles. The van der Waals surface area contributed by atoms with Gasteiger partial charge in [0, 0.05) is 4.47 Å². The van der Waals surface area contributed by atoms with Gasteiger partial charge in [-0.05, 0) is 54.4 Å². The van der Waals surface area contributed by atoms with E-state index in [9.17, 15) is 4.39 Å². The van der Waals surface area contributed by atoms with Gasteiger partial charge >= 0.3 is 0 Å². The van der Waals surface area contributed by atoms with Crippen LogP contribution in [0.3, 0.4) is 0 Å². The molecule has 0 fully saturated rings. The van der Waals surface area contributed by atoms with Gasteiger partial charge in [-0.25, -0.2) is 4.39 Å². The first-order valence-corrected chi connectivity index (χ1v) is 7.16. The van der Waals surface area contributed by atoms with Crippen molar-refractivity contribution in [3.63, 3.8) is 0 Å². The summed E-state index contributed by atoms with van der Waals surface area (Å²) >= 11 is 3.50. The fourth-order valence-electron chi connectivity index (χ4n) is 2.26. The molecular weight excluding hydrogens is 305 g/mol. The first-order chi connectivity index (χ1) is 9.11. The number of hydrogen-bond donors (Lipinski definition) is 1. The van der Waals surface area contributed by atoms with Crippen molar-refractivity contribution in [1.29, 1.82) is 0 Å². The van der Waals surface area contributed by atoms with Crippen LogP contribution >= 0.6 is 15.9 Å². The van der Waals surface area contributed by atoms with Crippen molar-refractivity contribution in [1.82, 2.24) is 5.32 Å². The van der Waals surface area contributed by atoms with Crippen LogP contribution in [-0.4, -0.2) is 6.54 Å². The van der Waals surface area contributed by atoms with Gasteiger partial charge in [-0.3, -0.25) is 0 Å². The van der Waals surface area contributed by atoms with E-state index < -0.39 is 0 Å². The van der Waals surface area contributed by atoms with Crippen LogP contribution in [0.2, 0.25) is 0 Å². The van der Waals surface area contributed by atoms with Gasteiger partial charge in [-0.1, -0.05) is 41.1 Å². The van der Waals surface area contributed by atoms with Crippen LogP contribution in [0.5, 0.6) is 0 Å². The Kier molecular flexibility index (Phi) is 4.72. The van der Waals surface area contributed by atoms with E-state index in [4.69, 9.17) is 0 Å². The van der Waals surface area contributed by atoms with Gasteiger partial charge in [0.15, 0.2) is 0 Å². The molecule has 1 unspecified atom stereocenters. The summed E-state index contributed by atoms with van der Waals surface area (Å²) in [6.07, 6.45) is 0. The average Bonchev–Trinajstić information content (AvgIpc) is 2.37. The highest BCUT2D eigenvalue weighted by molar-refractivity contribution is 9.10. The van der Waals surface area contributed by atoms with Crippen LogP contribution in [-0.2, 0) is 0 Å². The molecule has 1 N–H and O–H groups in total. The number of benzene rings is 2. The number of nitrogens with one attached hydrogen (secondary N) is 1. The van der Waals surface area contributed by atoms with E-state index in [0.717, 1.165) is 22.1 Å². The van der Waals surface area contributed by atoms with E-state index in [-0.39, 0.29) is 11.9 Å². The van der Waals surface area contributed by atoms with E-state index in [1.54, 1.807) is 6.07 Å². The van der Waals surface area contributed by atoms with Gasteiger partial charge in [0.1, 0.15) is 5.82 Å². The molecule has 100 valence electrons. The van der Waals surface area contributed by atoms with Crippen LogP contribution in [0.15, 0.2) is 46.9 Å². The molecule has 1 atom stereocenters. The van der Waals surface area contributed by atoms with E-state index in [2.05, 4.69) is 40.3 Å². The Balaban J connectivity index is 2.45. The number of hydrogen-bond acceptors (Lipinski definition) is 1. The topological polar surface area (TPSA) is 12.0 Å². The third-order valence-corrected chi connectivity index (χ3v) is 3.63. The molecule has 0 saturated heterocycles. The minimum Gasteiger partial charge on any atom is -0.307 e. The zero-order valence-corrected chi connectivity index (χ0v) is 12.7. The second-order valence-electron chi connectivity index (χ2n) is 4.55. The van der Waals surface area contributed by atoms with Gasteiger partial charge < -0.3 is 5.32 Å². The molecule has 19 heavy (non-hydrogen) atoms. The summed E-state index contributed by atoms with van der Waals surface area (Å²) < 4.78 is 14.3. The van der Waals surface area contributed by atoms with Gasteiger partial charge in [0.05, 0.1) is 6.04 Å². The first kappa shape index (κ1) is 14.2. The summed E-state index contributed by atoms with van der Waals surface area (Å²) in [5.41, 5.74) is 3.25. The minimum atomic E-state index is -0.189. The fraction of sp³-hybridized carbons (Fsp3) is 0.250. The summed E-state index contributed by atoms with van der Waals surface area (Å²) in [6, 6.07) is 13.2. The van der Waals surface area contributed by atoms with Crippen LogP contribution in [0, 0.1) is 12.7 Å². The molecule has 0 aromatic heterocycles. The lowest BCUT2D eigenvalue weighted by molar-refractivity contribution is 0.610. The highest BCUT2D eigenvalue weighted by atomic mass is 79.9. The molecule has 0 bridgehead atoms. The lowest BCUT2D eigenvalue weighted by Gasteiger charge is -2.21. The predicted octanol–water partition coefficient (Wildman–Crippen LogP) is 4.60. The Bertz CT molecular complexity index is 568. The average molecular weight is 322 g/mol. The van der Waals surface area contributed by atoms with Crippen molar-refractivity contribution in [3.8, 4) is 0 Å². The smallest absolute Gasteiger partial charge is 0.123 e. The SMILES string of the molecule is CCNC(c1cccc(Br)c1)c1ccc(F)cc1C. The molecule has 3 heteroatoms. The molecule has 1 nitrogen and oxygen atoms in total. The molecule has 2 aromatic carbocycles. The second-order valence-corrected chi connectivity index (χ2v) is 5.46. The van der Waals surface area contributed by atoms with E-state index in [1.165, 1.54) is 11.6 Å². The quantitative estimate of drug-likeness (QED) is 0.868. The lowest BCUT2D eigenvalue weighted by Crippen LogP contribution is -2.22. The second kappa shape index (κ2) is 6.31. The number of halogens is 2. The van der Waals surface area contributed by atoms with Crippen LogP contribution in [0.1, 0.15) is 29.7 Å². The fourth-order valence-corrected chi connectivity index (χ4v) is 2.68. The Morgan fingerprint density at radius 3 is 2.63 bits per heavy atom. The minimum absolute atomic E-state index is 0.0862. The highest BCUT2D eigenvalue weighted by Crippen LogP contribution is 2.27. The van der Waals surface area contributed by atoms with Crippen molar-refractivity contribution in [3.05, 3.63) is 69.4 Å². The molecule has 0 radical (unpaired) electrons. The summed E-state index contributed by atoms with van der Waals surface area (Å²) in [4.78, 5) is 0. The van der Waals surface area contributed by atoms with Gasteiger partial charge in [0.2, 0.25) is 0 Å². The maximum atomic E-state index is 13.2. The summed E-state index contributed by atoms with van der Waals surface area (Å²) in [5.74, 6) is -0.189. The lowest BCUT2D eigenvalue weighted by atomic mass is 9.95. The Labute approximate surface area is 122 Å². The van der Waals surface area contributed by atoms with Crippen molar-refractivity contribution in [2.75, 3.05) is 6.54 Å². The van der Waals surface area contributed by atoms with Crippen molar-refractivity contribution < 1.29 is 4.39 Å². The normalized spacial score (nSPS) is 12.4. The molecule has 0 aliphatic carbocycles. The standard InChI is InChI=1S/C16H17BrFN/c1-3-19-16(12-5-4-6-13(17)10-12)15-8-7-14(18)9-11(15)2/h4-10,16,19H,3H2,1-2H3. The Morgan fingerprint density at radius 2 is 2.00 bits per heavy atom. The third-order valence-electron chi connectivity index (χ3n) is 3.13. The predicted molar refractivity (Wildman–Crippen MR) is 80.8 cm³/mol. The largest absolute Gasteiger partial charge is 0.307 e.